The van der Waals surface area contributed by atoms with Gasteiger partial charge in [0, 0.05) is 23.0 Å². The lowest BCUT2D eigenvalue weighted by atomic mass is 10.0. The maximum atomic E-state index is 12.8. The number of nitriles is 1. The van der Waals surface area contributed by atoms with Gasteiger partial charge in [-0.05, 0) is 47.9 Å². The topological polar surface area (TPSA) is 53.3 Å². The Morgan fingerprint density at radius 2 is 2.17 bits per heavy atom. The van der Waals surface area contributed by atoms with E-state index in [0.29, 0.717) is 19.4 Å². The minimum atomic E-state index is -0.140. The molecule has 5 heteroatoms. The van der Waals surface area contributed by atoms with Gasteiger partial charge in [-0.25, -0.2) is 0 Å². The molecule has 0 radical (unpaired) electrons. The number of fused-ring (bicyclic) bond motifs is 1. The molecule has 0 aromatic heterocycles. The van der Waals surface area contributed by atoms with Gasteiger partial charge in [0.2, 0.25) is 0 Å². The highest BCUT2D eigenvalue weighted by molar-refractivity contribution is 9.10. The van der Waals surface area contributed by atoms with Crippen LogP contribution in [0, 0.1) is 11.3 Å². The van der Waals surface area contributed by atoms with Crippen molar-refractivity contribution in [2.75, 3.05) is 7.11 Å². The van der Waals surface area contributed by atoms with Crippen molar-refractivity contribution in [2.45, 2.75) is 25.4 Å². The zero-order valence-corrected chi connectivity index (χ0v) is 14.9. The number of nitrogens with zero attached hydrogens (tertiary/aromatic N) is 2. The molecule has 3 rings (SSSR count). The van der Waals surface area contributed by atoms with Crippen molar-refractivity contribution >= 4 is 21.8 Å². The number of amides is 1. The summed E-state index contributed by atoms with van der Waals surface area (Å²) in [5, 5.41) is 9.00. The highest BCUT2D eigenvalue weighted by Gasteiger charge is 2.33. The summed E-state index contributed by atoms with van der Waals surface area (Å²) in [4.78, 5) is 14.7. The SMILES string of the molecule is COc1cccc(C(CCC#N)N2Cc3cc(Br)ccc3C2=O)c1. The number of carbonyl (C=O) groups excluding carboxylic acids is 1. The van der Waals surface area contributed by atoms with Crippen LogP contribution in [0.5, 0.6) is 5.75 Å². The van der Waals surface area contributed by atoms with Crippen LogP contribution in [0.4, 0.5) is 0 Å². The van der Waals surface area contributed by atoms with Crippen molar-refractivity contribution < 1.29 is 9.53 Å². The van der Waals surface area contributed by atoms with Gasteiger partial charge in [-0.1, -0.05) is 28.1 Å². The predicted molar refractivity (Wildman–Crippen MR) is 94.6 cm³/mol. The summed E-state index contributed by atoms with van der Waals surface area (Å²) in [5.74, 6) is 0.768. The Hall–Kier alpha value is -2.32. The molecule has 1 heterocycles. The molecule has 1 atom stereocenters. The first-order chi connectivity index (χ1) is 11.6. The Balaban J connectivity index is 1.95. The monoisotopic (exact) mass is 384 g/mol. The van der Waals surface area contributed by atoms with Crippen LogP contribution >= 0.6 is 15.9 Å². The van der Waals surface area contributed by atoms with Gasteiger partial charge in [-0.2, -0.15) is 5.26 Å². The molecule has 0 N–H and O–H groups in total. The second-order valence-corrected chi connectivity index (χ2v) is 6.64. The number of methoxy groups -OCH3 is 1. The summed E-state index contributed by atoms with van der Waals surface area (Å²) in [6, 6.07) is 15.5. The standard InChI is InChI=1S/C19H17BrN2O2/c1-24-16-5-2-4-13(11-16)18(6-3-9-21)22-12-14-10-15(20)7-8-17(14)19(22)23/h2,4-5,7-8,10-11,18H,3,6,12H2,1H3. The van der Waals surface area contributed by atoms with Crippen LogP contribution in [-0.4, -0.2) is 17.9 Å². The van der Waals surface area contributed by atoms with Crippen LogP contribution in [0.2, 0.25) is 0 Å². The van der Waals surface area contributed by atoms with Crippen molar-refractivity contribution in [2.24, 2.45) is 0 Å². The fraction of sp³-hybridized carbons (Fsp3) is 0.263. The normalized spacial score (nSPS) is 14.2. The first-order valence-electron chi connectivity index (χ1n) is 7.74. The molecule has 0 saturated carbocycles. The van der Waals surface area contributed by atoms with Gasteiger partial charge in [0.05, 0.1) is 19.2 Å². The number of carbonyl (C=O) groups is 1. The smallest absolute Gasteiger partial charge is 0.255 e. The third-order valence-electron chi connectivity index (χ3n) is 4.28. The Morgan fingerprint density at radius 1 is 1.33 bits per heavy atom. The van der Waals surface area contributed by atoms with Crippen molar-refractivity contribution in [3.05, 3.63) is 63.6 Å². The average molecular weight is 385 g/mol. The molecule has 1 aliphatic rings. The molecule has 0 saturated heterocycles. The minimum Gasteiger partial charge on any atom is -0.497 e. The first-order valence-corrected chi connectivity index (χ1v) is 8.53. The lowest BCUT2D eigenvalue weighted by molar-refractivity contribution is 0.0692. The molecule has 4 nitrogen and oxygen atoms in total. The molecule has 24 heavy (non-hydrogen) atoms. The third kappa shape index (κ3) is 3.15. The van der Waals surface area contributed by atoms with Crippen LogP contribution in [-0.2, 0) is 6.54 Å². The average Bonchev–Trinajstić information content (AvgIpc) is 2.91. The second-order valence-electron chi connectivity index (χ2n) is 5.72. The van der Waals surface area contributed by atoms with Crippen molar-refractivity contribution in [3.63, 3.8) is 0 Å². The number of hydrogen-bond acceptors (Lipinski definition) is 3. The van der Waals surface area contributed by atoms with Gasteiger partial charge in [0.25, 0.3) is 5.91 Å². The molecule has 0 fully saturated rings. The molecule has 2 aromatic rings. The summed E-state index contributed by atoms with van der Waals surface area (Å²) in [6.07, 6.45) is 0.996. The quantitative estimate of drug-likeness (QED) is 0.764. The Bertz CT molecular complexity index is 813. The van der Waals surface area contributed by atoms with Gasteiger partial charge >= 0.3 is 0 Å². The van der Waals surface area contributed by atoms with E-state index in [1.165, 1.54) is 0 Å². The predicted octanol–water partition coefficient (Wildman–Crippen LogP) is 4.46. The fourth-order valence-electron chi connectivity index (χ4n) is 3.12. The maximum Gasteiger partial charge on any atom is 0.255 e. The van der Waals surface area contributed by atoms with Crippen molar-refractivity contribution in [1.29, 1.82) is 5.26 Å². The Labute approximate surface area is 149 Å². The van der Waals surface area contributed by atoms with E-state index in [1.54, 1.807) is 7.11 Å². The molecule has 0 aliphatic carbocycles. The highest BCUT2D eigenvalue weighted by atomic mass is 79.9. The molecule has 0 spiro atoms. The minimum absolute atomic E-state index is 0.0169. The first kappa shape index (κ1) is 16.5. The zero-order valence-electron chi connectivity index (χ0n) is 13.3. The lowest BCUT2D eigenvalue weighted by Crippen LogP contribution is -2.29. The van der Waals surface area contributed by atoms with Crippen LogP contribution in [0.15, 0.2) is 46.9 Å². The number of rotatable bonds is 5. The third-order valence-corrected chi connectivity index (χ3v) is 4.78. The van der Waals surface area contributed by atoms with E-state index in [-0.39, 0.29) is 11.9 Å². The highest BCUT2D eigenvalue weighted by Crippen LogP contribution is 2.36. The molecule has 2 aromatic carbocycles. The lowest BCUT2D eigenvalue weighted by Gasteiger charge is -2.28. The van der Waals surface area contributed by atoms with Gasteiger partial charge < -0.3 is 9.64 Å². The van der Waals surface area contributed by atoms with E-state index in [4.69, 9.17) is 10.00 Å². The largest absolute Gasteiger partial charge is 0.497 e. The fourth-order valence-corrected chi connectivity index (χ4v) is 3.52. The van der Waals surface area contributed by atoms with Crippen LogP contribution in [0.1, 0.15) is 40.4 Å². The van der Waals surface area contributed by atoms with E-state index >= 15 is 0 Å². The van der Waals surface area contributed by atoms with Crippen molar-refractivity contribution in [3.8, 4) is 11.8 Å². The summed E-state index contributed by atoms with van der Waals surface area (Å²) in [7, 11) is 1.62. The number of hydrogen-bond donors (Lipinski definition) is 0. The Kier molecular flexibility index (Phi) is 4.86. The maximum absolute atomic E-state index is 12.8. The molecular weight excluding hydrogens is 368 g/mol. The summed E-state index contributed by atoms with van der Waals surface area (Å²) in [6.45, 7) is 0.556. The van der Waals surface area contributed by atoms with Crippen molar-refractivity contribution in [1.82, 2.24) is 4.90 Å². The van der Waals surface area contributed by atoms with E-state index in [2.05, 4.69) is 22.0 Å². The summed E-state index contributed by atoms with van der Waals surface area (Å²) < 4.78 is 6.27. The molecule has 0 bridgehead atoms. The zero-order chi connectivity index (χ0) is 17.1. The van der Waals surface area contributed by atoms with Gasteiger partial charge in [-0.3, -0.25) is 4.79 Å². The Morgan fingerprint density at radius 3 is 2.92 bits per heavy atom. The molecule has 1 unspecified atom stereocenters. The van der Waals surface area contributed by atoms with E-state index < -0.39 is 0 Å². The van der Waals surface area contributed by atoms with Gasteiger partial charge in [0.1, 0.15) is 5.75 Å². The summed E-state index contributed by atoms with van der Waals surface area (Å²) >= 11 is 3.46. The number of halogens is 1. The van der Waals surface area contributed by atoms with Gasteiger partial charge in [-0.15, -0.1) is 0 Å². The number of benzene rings is 2. The summed E-state index contributed by atoms with van der Waals surface area (Å²) in [5.41, 5.74) is 2.74. The van der Waals surface area contributed by atoms with Gasteiger partial charge in [0.15, 0.2) is 0 Å². The van der Waals surface area contributed by atoms with E-state index in [0.717, 1.165) is 26.9 Å². The molecule has 122 valence electrons. The van der Waals surface area contributed by atoms with Crippen LogP contribution in [0.3, 0.4) is 0 Å². The molecular formula is C19H17BrN2O2. The molecule has 1 amide bonds. The van der Waals surface area contributed by atoms with E-state index in [9.17, 15) is 4.79 Å². The van der Waals surface area contributed by atoms with Crippen LogP contribution in [0.25, 0.3) is 0 Å². The molecule has 1 aliphatic heterocycles. The van der Waals surface area contributed by atoms with Crippen LogP contribution < -0.4 is 4.74 Å². The van der Waals surface area contributed by atoms with E-state index in [1.807, 2.05) is 47.4 Å². The number of ether oxygens (including phenoxy) is 1. The second kappa shape index (κ2) is 7.06.